The lowest BCUT2D eigenvalue weighted by Gasteiger charge is -1.94. The third-order valence-corrected chi connectivity index (χ3v) is 4.44. The first-order valence-electron chi connectivity index (χ1n) is 5.26. The van der Waals surface area contributed by atoms with Gasteiger partial charge in [-0.05, 0) is 11.3 Å². The second kappa shape index (κ2) is 5.44. The van der Waals surface area contributed by atoms with Crippen molar-refractivity contribution < 1.29 is 4.92 Å². The molecule has 0 aliphatic heterocycles. The Morgan fingerprint density at radius 3 is 2.94 bits per heavy atom. The van der Waals surface area contributed by atoms with Gasteiger partial charge in [-0.2, -0.15) is 0 Å². The lowest BCUT2D eigenvalue weighted by Crippen LogP contribution is -1.98. The third kappa shape index (κ3) is 2.51. The number of hydrogen-bond donors (Lipinski definition) is 0. The maximum atomic E-state index is 10.7. The quantitative estimate of drug-likeness (QED) is 0.476. The molecular formula is C9H11N5O2S2. The van der Waals surface area contributed by atoms with Crippen LogP contribution in [0.5, 0.6) is 0 Å². The number of thioether (sulfide) groups is 1. The second-order valence-electron chi connectivity index (χ2n) is 3.48. The van der Waals surface area contributed by atoms with Crippen molar-refractivity contribution in [3.8, 4) is 10.8 Å². The highest BCUT2D eigenvalue weighted by Crippen LogP contribution is 2.30. The Morgan fingerprint density at radius 2 is 2.33 bits per heavy atom. The smallest absolute Gasteiger partial charge is 0.342 e. The number of rotatable bonds is 5. The van der Waals surface area contributed by atoms with Crippen molar-refractivity contribution in [2.45, 2.75) is 17.7 Å². The number of nitrogens with zero attached hydrogens (tertiary/aromatic N) is 5. The van der Waals surface area contributed by atoms with Crippen LogP contribution in [0.1, 0.15) is 13.3 Å². The molecular weight excluding hydrogens is 274 g/mol. The summed E-state index contributed by atoms with van der Waals surface area (Å²) in [5, 5.41) is 19.4. The highest BCUT2D eigenvalue weighted by molar-refractivity contribution is 8.01. The summed E-state index contributed by atoms with van der Waals surface area (Å²) in [6, 6.07) is 0. The summed E-state index contributed by atoms with van der Waals surface area (Å²) in [4.78, 5) is 14.3. The van der Waals surface area contributed by atoms with Gasteiger partial charge in [0.2, 0.25) is 5.01 Å². The van der Waals surface area contributed by atoms with Crippen LogP contribution in [-0.4, -0.2) is 30.4 Å². The molecule has 7 nitrogen and oxygen atoms in total. The van der Waals surface area contributed by atoms with Crippen LogP contribution in [0, 0.1) is 10.1 Å². The van der Waals surface area contributed by atoms with E-state index in [0.717, 1.165) is 16.5 Å². The first-order chi connectivity index (χ1) is 8.63. The summed E-state index contributed by atoms with van der Waals surface area (Å²) in [5.74, 6) is 1.40. The van der Waals surface area contributed by atoms with Crippen LogP contribution in [0.15, 0.2) is 10.5 Å². The zero-order chi connectivity index (χ0) is 13.1. The molecule has 0 saturated carbocycles. The lowest BCUT2D eigenvalue weighted by molar-refractivity contribution is -0.391. The van der Waals surface area contributed by atoms with E-state index in [4.69, 9.17) is 0 Å². The zero-order valence-corrected chi connectivity index (χ0v) is 11.5. The van der Waals surface area contributed by atoms with Crippen molar-refractivity contribution in [3.05, 3.63) is 16.3 Å². The van der Waals surface area contributed by atoms with Crippen LogP contribution in [0.3, 0.4) is 0 Å². The molecule has 0 spiro atoms. The van der Waals surface area contributed by atoms with Gasteiger partial charge in [-0.25, -0.2) is 9.55 Å². The van der Waals surface area contributed by atoms with Gasteiger partial charge in [0.1, 0.15) is 6.20 Å². The van der Waals surface area contributed by atoms with Crippen LogP contribution >= 0.6 is 23.1 Å². The predicted molar refractivity (Wildman–Crippen MR) is 69.8 cm³/mol. The van der Waals surface area contributed by atoms with Crippen LogP contribution in [0.2, 0.25) is 0 Å². The minimum absolute atomic E-state index is 0.0528. The van der Waals surface area contributed by atoms with Gasteiger partial charge in [0.25, 0.3) is 5.82 Å². The number of hydrogen-bond acceptors (Lipinski definition) is 7. The van der Waals surface area contributed by atoms with E-state index in [1.165, 1.54) is 22.1 Å². The molecule has 0 fully saturated rings. The summed E-state index contributed by atoms with van der Waals surface area (Å²) >= 11 is 3.03. The van der Waals surface area contributed by atoms with Gasteiger partial charge in [-0.1, -0.05) is 30.0 Å². The molecule has 0 bridgehead atoms. The third-order valence-electron chi connectivity index (χ3n) is 2.18. The zero-order valence-electron chi connectivity index (χ0n) is 9.86. The standard InChI is InChI=1S/C9H11N5O2S2/c1-3-4-17-9-12-11-8(18-9)7-10-5-6(13(7)2)14(15)16/h5H,3-4H2,1-2H3. The maximum Gasteiger partial charge on any atom is 0.342 e. The Hall–Kier alpha value is -1.48. The van der Waals surface area contributed by atoms with E-state index >= 15 is 0 Å². The number of aromatic nitrogens is 4. The second-order valence-corrected chi connectivity index (χ2v) is 5.80. The Labute approximate surface area is 111 Å². The average Bonchev–Trinajstić information content (AvgIpc) is 2.92. The van der Waals surface area contributed by atoms with E-state index in [9.17, 15) is 10.1 Å². The normalized spacial score (nSPS) is 10.8. The number of nitro groups is 1. The van der Waals surface area contributed by atoms with Gasteiger partial charge in [-0.15, -0.1) is 10.2 Å². The van der Waals surface area contributed by atoms with Crippen LogP contribution in [-0.2, 0) is 7.05 Å². The highest BCUT2D eigenvalue weighted by Gasteiger charge is 2.21. The lowest BCUT2D eigenvalue weighted by atomic mass is 10.6. The van der Waals surface area contributed by atoms with Gasteiger partial charge in [-0.3, -0.25) is 0 Å². The molecule has 0 N–H and O–H groups in total. The SMILES string of the molecule is CCCSc1nnc(-c2ncc([N+](=O)[O-])n2C)s1. The van der Waals surface area contributed by atoms with Gasteiger partial charge in [0.15, 0.2) is 4.34 Å². The predicted octanol–water partition coefficient (Wildman–Crippen LogP) is 2.35. The minimum Gasteiger partial charge on any atom is -0.358 e. The molecule has 18 heavy (non-hydrogen) atoms. The molecule has 9 heteroatoms. The Morgan fingerprint density at radius 1 is 1.56 bits per heavy atom. The summed E-state index contributed by atoms with van der Waals surface area (Å²) < 4.78 is 2.27. The Balaban J connectivity index is 2.26. The molecule has 2 aromatic heterocycles. The van der Waals surface area contributed by atoms with Crippen molar-refractivity contribution in [3.63, 3.8) is 0 Å². The molecule has 0 atom stereocenters. The van der Waals surface area contributed by atoms with Gasteiger partial charge in [0.05, 0.1) is 7.05 Å². The maximum absolute atomic E-state index is 10.7. The van der Waals surface area contributed by atoms with Crippen molar-refractivity contribution in [2.75, 3.05) is 5.75 Å². The van der Waals surface area contributed by atoms with Crippen molar-refractivity contribution in [1.29, 1.82) is 0 Å². The topological polar surface area (TPSA) is 86.7 Å². The summed E-state index contributed by atoms with van der Waals surface area (Å²) in [5.41, 5.74) is 0. The fraction of sp³-hybridized carbons (Fsp3) is 0.444. The largest absolute Gasteiger partial charge is 0.358 e. The van der Waals surface area contributed by atoms with Gasteiger partial charge >= 0.3 is 5.82 Å². The fourth-order valence-electron chi connectivity index (χ4n) is 1.32. The van der Waals surface area contributed by atoms with Crippen molar-refractivity contribution in [1.82, 2.24) is 19.7 Å². The molecule has 0 aromatic carbocycles. The van der Waals surface area contributed by atoms with Crippen molar-refractivity contribution >= 4 is 28.9 Å². The van der Waals surface area contributed by atoms with E-state index in [0.29, 0.717) is 10.8 Å². The van der Waals surface area contributed by atoms with E-state index in [2.05, 4.69) is 22.1 Å². The van der Waals surface area contributed by atoms with Crippen molar-refractivity contribution in [2.24, 2.45) is 7.05 Å². The molecule has 2 heterocycles. The molecule has 0 unspecified atom stereocenters. The monoisotopic (exact) mass is 285 g/mol. The number of imidazole rings is 1. The van der Waals surface area contributed by atoms with Crippen LogP contribution in [0.25, 0.3) is 10.8 Å². The first kappa shape index (κ1) is 13.0. The molecule has 2 rings (SSSR count). The van der Waals surface area contributed by atoms with E-state index in [1.807, 2.05) is 0 Å². The van der Waals surface area contributed by atoms with Gasteiger partial charge in [0, 0.05) is 5.75 Å². The molecule has 0 aliphatic carbocycles. The van der Waals surface area contributed by atoms with E-state index in [-0.39, 0.29) is 5.82 Å². The summed E-state index contributed by atoms with van der Waals surface area (Å²) in [6.45, 7) is 2.09. The first-order valence-corrected chi connectivity index (χ1v) is 7.06. The average molecular weight is 285 g/mol. The molecule has 96 valence electrons. The molecule has 0 aliphatic rings. The molecule has 0 saturated heterocycles. The summed E-state index contributed by atoms with van der Waals surface area (Å²) in [6.07, 6.45) is 2.29. The van der Waals surface area contributed by atoms with Crippen LogP contribution < -0.4 is 0 Å². The van der Waals surface area contributed by atoms with Gasteiger partial charge < -0.3 is 10.1 Å². The van der Waals surface area contributed by atoms with E-state index < -0.39 is 4.92 Å². The van der Waals surface area contributed by atoms with E-state index in [1.54, 1.807) is 18.8 Å². The molecule has 0 amide bonds. The minimum atomic E-state index is -0.468. The summed E-state index contributed by atoms with van der Waals surface area (Å²) in [7, 11) is 1.60. The molecule has 0 radical (unpaired) electrons. The Kier molecular flexibility index (Phi) is 3.92. The highest BCUT2D eigenvalue weighted by atomic mass is 32.2. The fourth-order valence-corrected chi connectivity index (χ4v) is 3.13. The molecule has 2 aromatic rings. The Bertz CT molecular complexity index is 565. The van der Waals surface area contributed by atoms with Crippen LogP contribution in [0.4, 0.5) is 5.82 Å².